The summed E-state index contributed by atoms with van der Waals surface area (Å²) in [5.41, 5.74) is 1.81. The van der Waals surface area contributed by atoms with E-state index < -0.39 is 29.8 Å². The number of amides is 2. The zero-order valence-corrected chi connectivity index (χ0v) is 16.4. The third-order valence-electron chi connectivity index (χ3n) is 5.40. The largest absolute Gasteiger partial charge is 0.273 e. The first kappa shape index (κ1) is 18.8. The number of nitrogens with zero attached hydrogens (tertiary/aromatic N) is 2. The van der Waals surface area contributed by atoms with Crippen LogP contribution in [0.3, 0.4) is 0 Å². The lowest BCUT2D eigenvalue weighted by Gasteiger charge is -2.28. The SMILES string of the molecule is O=C1[C@@H]2[C@H](ON(c3ccccc3)[C@H]2c2cccc(Cl)c2)C(=O)N1c1ccc(F)cc1. The molecule has 5 rings (SSSR count). The van der Waals surface area contributed by atoms with Gasteiger partial charge in [-0.05, 0) is 54.1 Å². The molecular weight excluding hydrogens is 407 g/mol. The number of carbonyl (C=O) groups excluding carboxylic acids is 2. The van der Waals surface area contributed by atoms with Crippen LogP contribution >= 0.6 is 11.6 Å². The van der Waals surface area contributed by atoms with Crippen molar-refractivity contribution in [3.8, 4) is 0 Å². The van der Waals surface area contributed by atoms with Gasteiger partial charge in [-0.3, -0.25) is 14.4 Å². The van der Waals surface area contributed by atoms with Gasteiger partial charge in [-0.2, -0.15) is 0 Å². The van der Waals surface area contributed by atoms with Crippen LogP contribution in [0.4, 0.5) is 15.8 Å². The standard InChI is InChI=1S/C23H16ClFN2O3/c24-15-6-4-5-14(13-15)20-19-21(30-27(20)18-7-2-1-3-8-18)23(29)26(22(19)28)17-11-9-16(25)10-12-17/h1-13,19-21H/t19-,20-,21-/m0/s1. The molecule has 3 aromatic carbocycles. The number of halogens is 2. The Morgan fingerprint density at radius 3 is 2.27 bits per heavy atom. The highest BCUT2D eigenvalue weighted by atomic mass is 35.5. The van der Waals surface area contributed by atoms with E-state index in [0.29, 0.717) is 10.7 Å². The predicted molar refractivity (Wildman–Crippen MR) is 110 cm³/mol. The molecule has 2 fully saturated rings. The number of hydrogen-bond acceptors (Lipinski definition) is 4. The smallest absolute Gasteiger partial charge is 0.266 e. The molecule has 2 aliphatic heterocycles. The van der Waals surface area contributed by atoms with Gasteiger partial charge in [0, 0.05) is 5.02 Å². The van der Waals surface area contributed by atoms with E-state index in [-0.39, 0.29) is 5.91 Å². The lowest BCUT2D eigenvalue weighted by Crippen LogP contribution is -2.37. The maximum atomic E-state index is 13.4. The van der Waals surface area contributed by atoms with Crippen LogP contribution in [0.15, 0.2) is 78.9 Å². The van der Waals surface area contributed by atoms with Crippen molar-refractivity contribution in [1.29, 1.82) is 0 Å². The second-order valence-corrected chi connectivity index (χ2v) is 7.64. The Morgan fingerprint density at radius 1 is 0.833 bits per heavy atom. The summed E-state index contributed by atoms with van der Waals surface area (Å²) in [7, 11) is 0. The highest BCUT2D eigenvalue weighted by molar-refractivity contribution is 6.30. The van der Waals surface area contributed by atoms with Crippen molar-refractivity contribution in [1.82, 2.24) is 0 Å². The summed E-state index contributed by atoms with van der Waals surface area (Å²) >= 11 is 6.21. The van der Waals surface area contributed by atoms with Gasteiger partial charge in [-0.25, -0.2) is 14.4 Å². The summed E-state index contributed by atoms with van der Waals surface area (Å²) in [6.07, 6.45) is -0.980. The van der Waals surface area contributed by atoms with Crippen molar-refractivity contribution in [3.05, 3.63) is 95.3 Å². The molecule has 5 nitrogen and oxygen atoms in total. The van der Waals surface area contributed by atoms with Gasteiger partial charge in [-0.15, -0.1) is 0 Å². The van der Waals surface area contributed by atoms with Gasteiger partial charge in [0.1, 0.15) is 11.7 Å². The van der Waals surface area contributed by atoms with Gasteiger partial charge in [0.05, 0.1) is 17.4 Å². The Labute approximate surface area is 177 Å². The zero-order chi connectivity index (χ0) is 20.8. The minimum Gasteiger partial charge on any atom is -0.273 e. The van der Waals surface area contributed by atoms with Crippen molar-refractivity contribution in [3.63, 3.8) is 0 Å². The molecule has 2 aliphatic rings. The number of fused-ring (bicyclic) bond motifs is 1. The molecule has 0 aromatic heterocycles. The van der Waals surface area contributed by atoms with Crippen LogP contribution in [0.25, 0.3) is 0 Å². The van der Waals surface area contributed by atoms with Crippen LogP contribution in [0.5, 0.6) is 0 Å². The topological polar surface area (TPSA) is 49.9 Å². The summed E-state index contributed by atoms with van der Waals surface area (Å²) in [4.78, 5) is 33.7. The number of anilines is 2. The van der Waals surface area contributed by atoms with Gasteiger partial charge >= 0.3 is 0 Å². The molecule has 0 spiro atoms. The van der Waals surface area contributed by atoms with Crippen molar-refractivity contribution in [2.24, 2.45) is 5.92 Å². The molecule has 2 amide bonds. The van der Waals surface area contributed by atoms with E-state index in [1.165, 1.54) is 24.3 Å². The summed E-state index contributed by atoms with van der Waals surface area (Å²) < 4.78 is 13.3. The third-order valence-corrected chi connectivity index (χ3v) is 5.64. The van der Waals surface area contributed by atoms with E-state index in [1.54, 1.807) is 23.3 Å². The van der Waals surface area contributed by atoms with Crippen LogP contribution in [0.2, 0.25) is 5.02 Å². The molecule has 3 atom stereocenters. The van der Waals surface area contributed by atoms with E-state index in [9.17, 15) is 14.0 Å². The number of hydroxylamine groups is 1. The molecule has 2 saturated heterocycles. The van der Waals surface area contributed by atoms with Crippen LogP contribution < -0.4 is 9.96 Å². The van der Waals surface area contributed by atoms with E-state index in [0.717, 1.165) is 16.2 Å². The van der Waals surface area contributed by atoms with Gasteiger partial charge in [-0.1, -0.05) is 41.9 Å². The molecule has 7 heteroatoms. The lowest BCUT2D eigenvalue weighted by atomic mass is 9.90. The Kier molecular flexibility index (Phi) is 4.53. The Morgan fingerprint density at radius 2 is 1.57 bits per heavy atom. The molecule has 2 heterocycles. The average molecular weight is 423 g/mol. The first-order valence-electron chi connectivity index (χ1n) is 9.44. The fourth-order valence-corrected chi connectivity index (χ4v) is 4.29. The monoisotopic (exact) mass is 422 g/mol. The molecule has 30 heavy (non-hydrogen) atoms. The fourth-order valence-electron chi connectivity index (χ4n) is 4.09. The number of para-hydroxylation sites is 1. The zero-order valence-electron chi connectivity index (χ0n) is 15.6. The van der Waals surface area contributed by atoms with E-state index in [4.69, 9.17) is 16.4 Å². The lowest BCUT2D eigenvalue weighted by molar-refractivity contribution is -0.126. The molecule has 3 aromatic rings. The van der Waals surface area contributed by atoms with Crippen LogP contribution in [-0.4, -0.2) is 17.9 Å². The van der Waals surface area contributed by atoms with Gasteiger partial charge in [0.25, 0.3) is 5.91 Å². The minimum atomic E-state index is -0.980. The molecule has 150 valence electrons. The number of benzene rings is 3. The molecular formula is C23H16ClFN2O3. The second-order valence-electron chi connectivity index (χ2n) is 7.20. The summed E-state index contributed by atoms with van der Waals surface area (Å²) in [6.45, 7) is 0. The maximum Gasteiger partial charge on any atom is 0.266 e. The van der Waals surface area contributed by atoms with Crippen molar-refractivity contribution in [2.75, 3.05) is 9.96 Å². The van der Waals surface area contributed by atoms with Gasteiger partial charge < -0.3 is 0 Å². The van der Waals surface area contributed by atoms with Gasteiger partial charge in [0.15, 0.2) is 6.10 Å². The van der Waals surface area contributed by atoms with Crippen LogP contribution in [0.1, 0.15) is 11.6 Å². The second kappa shape index (κ2) is 7.23. The Balaban J connectivity index is 1.59. The summed E-state index contributed by atoms with van der Waals surface area (Å²) in [5.74, 6) is -2.07. The highest BCUT2D eigenvalue weighted by Crippen LogP contribution is 2.47. The molecule has 0 unspecified atom stereocenters. The summed E-state index contributed by atoms with van der Waals surface area (Å²) in [5, 5.41) is 2.13. The number of carbonyl (C=O) groups is 2. The van der Waals surface area contributed by atoms with Crippen molar-refractivity contribution < 1.29 is 18.8 Å². The number of imide groups is 1. The summed E-state index contributed by atoms with van der Waals surface area (Å²) in [6, 6.07) is 21.2. The molecule has 0 aliphatic carbocycles. The Hall–Kier alpha value is -3.22. The predicted octanol–water partition coefficient (Wildman–Crippen LogP) is 4.53. The minimum absolute atomic E-state index is 0.320. The van der Waals surface area contributed by atoms with Crippen LogP contribution in [-0.2, 0) is 14.4 Å². The highest BCUT2D eigenvalue weighted by Gasteiger charge is 2.60. The maximum absolute atomic E-state index is 13.4. The van der Waals surface area contributed by atoms with Crippen molar-refractivity contribution in [2.45, 2.75) is 12.1 Å². The van der Waals surface area contributed by atoms with E-state index >= 15 is 0 Å². The fraction of sp³-hybridized carbons (Fsp3) is 0.130. The number of hydrogen-bond donors (Lipinski definition) is 0. The first-order valence-corrected chi connectivity index (χ1v) is 9.82. The third kappa shape index (κ3) is 2.96. The van der Waals surface area contributed by atoms with Gasteiger partial charge in [0.2, 0.25) is 5.91 Å². The normalized spacial score (nSPS) is 23.2. The Bertz CT molecular complexity index is 1120. The number of rotatable bonds is 3. The van der Waals surface area contributed by atoms with E-state index in [2.05, 4.69) is 0 Å². The molecule has 0 N–H and O–H groups in total. The molecule has 0 bridgehead atoms. The molecule has 0 saturated carbocycles. The van der Waals surface area contributed by atoms with Crippen molar-refractivity contribution >= 4 is 34.8 Å². The van der Waals surface area contributed by atoms with Crippen LogP contribution in [0, 0.1) is 11.7 Å². The average Bonchev–Trinajstić information content (AvgIpc) is 3.26. The molecule has 0 radical (unpaired) electrons. The quantitative estimate of drug-likeness (QED) is 0.582. The van der Waals surface area contributed by atoms with E-state index in [1.807, 2.05) is 36.4 Å². The first-order chi connectivity index (χ1) is 14.5.